The number of hydrogen-bond donors (Lipinski definition) is 1. The van der Waals surface area contributed by atoms with Crippen molar-refractivity contribution in [3.63, 3.8) is 0 Å². The van der Waals surface area contributed by atoms with E-state index >= 15 is 0 Å². The summed E-state index contributed by atoms with van der Waals surface area (Å²) in [6, 6.07) is -0.0738. The molecule has 0 saturated heterocycles. The van der Waals surface area contributed by atoms with E-state index in [1.165, 1.54) is 4.90 Å². The second-order valence-corrected chi connectivity index (χ2v) is 3.53. The highest BCUT2D eigenvalue weighted by Crippen LogP contribution is 2.17. The van der Waals surface area contributed by atoms with E-state index in [0.717, 1.165) is 6.54 Å². The molecule has 0 aromatic rings. The van der Waals surface area contributed by atoms with E-state index in [1.54, 1.807) is 13.8 Å². The molecule has 0 aliphatic rings. The summed E-state index contributed by atoms with van der Waals surface area (Å²) in [6.45, 7) is 6.49. The molecule has 2 nitrogen and oxygen atoms in total. The van der Waals surface area contributed by atoms with Gasteiger partial charge in [0.05, 0.1) is 6.54 Å². The van der Waals surface area contributed by atoms with E-state index in [0.29, 0.717) is 13.1 Å². The SMILES string of the molecule is CCNCCN(CC(F)(F)F)C(C)C. The summed E-state index contributed by atoms with van der Waals surface area (Å²) in [5.41, 5.74) is 0. The summed E-state index contributed by atoms with van der Waals surface area (Å²) in [6.07, 6.45) is -4.10. The average molecular weight is 212 g/mol. The molecule has 0 amide bonds. The first-order valence-electron chi connectivity index (χ1n) is 4.88. The Morgan fingerprint density at radius 1 is 1.29 bits per heavy atom. The van der Waals surface area contributed by atoms with Crippen molar-refractivity contribution in [3.05, 3.63) is 0 Å². The highest BCUT2D eigenvalue weighted by molar-refractivity contribution is 4.68. The van der Waals surface area contributed by atoms with Gasteiger partial charge in [-0.2, -0.15) is 13.2 Å². The molecule has 0 heterocycles. The van der Waals surface area contributed by atoms with Gasteiger partial charge >= 0.3 is 6.18 Å². The van der Waals surface area contributed by atoms with Gasteiger partial charge in [0, 0.05) is 19.1 Å². The fraction of sp³-hybridized carbons (Fsp3) is 1.00. The Bertz CT molecular complexity index is 145. The lowest BCUT2D eigenvalue weighted by molar-refractivity contribution is -0.149. The highest BCUT2D eigenvalue weighted by Gasteiger charge is 2.31. The number of nitrogens with zero attached hydrogens (tertiary/aromatic N) is 1. The van der Waals surface area contributed by atoms with Crippen LogP contribution in [-0.2, 0) is 0 Å². The number of halogens is 3. The molecule has 0 radical (unpaired) electrons. The van der Waals surface area contributed by atoms with Crippen molar-refractivity contribution in [2.24, 2.45) is 0 Å². The first-order chi connectivity index (χ1) is 6.37. The van der Waals surface area contributed by atoms with Gasteiger partial charge in [0.1, 0.15) is 0 Å². The summed E-state index contributed by atoms with van der Waals surface area (Å²) >= 11 is 0. The normalized spacial score (nSPS) is 12.9. The van der Waals surface area contributed by atoms with Gasteiger partial charge in [0.15, 0.2) is 0 Å². The maximum Gasteiger partial charge on any atom is 0.401 e. The first-order valence-corrected chi connectivity index (χ1v) is 4.88. The maximum atomic E-state index is 12.1. The number of likely N-dealkylation sites (N-methyl/N-ethyl adjacent to an activating group) is 1. The molecule has 0 fully saturated rings. The fourth-order valence-corrected chi connectivity index (χ4v) is 1.15. The first kappa shape index (κ1) is 13.7. The van der Waals surface area contributed by atoms with Gasteiger partial charge in [-0.25, -0.2) is 0 Å². The zero-order valence-electron chi connectivity index (χ0n) is 8.99. The van der Waals surface area contributed by atoms with Crippen LogP contribution < -0.4 is 5.32 Å². The molecule has 0 saturated carbocycles. The molecular formula is C9H19F3N2. The standard InChI is InChI=1S/C9H19F3N2/c1-4-13-5-6-14(8(2)3)7-9(10,11)12/h8,13H,4-7H2,1-3H3. The van der Waals surface area contributed by atoms with Crippen LogP contribution in [0.2, 0.25) is 0 Å². The van der Waals surface area contributed by atoms with Gasteiger partial charge < -0.3 is 5.32 Å². The molecule has 0 aromatic carbocycles. The van der Waals surface area contributed by atoms with E-state index in [9.17, 15) is 13.2 Å². The van der Waals surface area contributed by atoms with Crippen LogP contribution >= 0.6 is 0 Å². The zero-order valence-corrected chi connectivity index (χ0v) is 8.99. The number of rotatable bonds is 6. The predicted octanol–water partition coefficient (Wildman–Crippen LogP) is 1.87. The van der Waals surface area contributed by atoms with Crippen molar-refractivity contribution in [2.45, 2.75) is 33.0 Å². The molecule has 1 N–H and O–H groups in total. The minimum absolute atomic E-state index is 0.0738. The Morgan fingerprint density at radius 3 is 2.21 bits per heavy atom. The number of hydrogen-bond acceptors (Lipinski definition) is 2. The third kappa shape index (κ3) is 7.15. The summed E-state index contributed by atoms with van der Waals surface area (Å²) in [5, 5.41) is 3.01. The van der Waals surface area contributed by atoms with Crippen LogP contribution in [0.15, 0.2) is 0 Å². The minimum atomic E-state index is -4.10. The Kier molecular flexibility index (Phi) is 6.11. The van der Waals surface area contributed by atoms with Crippen LogP contribution in [0.5, 0.6) is 0 Å². The lowest BCUT2D eigenvalue weighted by atomic mass is 10.3. The van der Waals surface area contributed by atoms with E-state index < -0.39 is 12.7 Å². The Hall–Kier alpha value is -0.290. The molecule has 86 valence electrons. The lowest BCUT2D eigenvalue weighted by Gasteiger charge is -2.27. The van der Waals surface area contributed by atoms with Gasteiger partial charge in [0.2, 0.25) is 0 Å². The van der Waals surface area contributed by atoms with Crippen molar-refractivity contribution in [2.75, 3.05) is 26.2 Å². The maximum absolute atomic E-state index is 12.1. The minimum Gasteiger partial charge on any atom is -0.316 e. The van der Waals surface area contributed by atoms with Crippen molar-refractivity contribution < 1.29 is 13.2 Å². The molecular weight excluding hydrogens is 193 g/mol. The van der Waals surface area contributed by atoms with Gasteiger partial charge in [-0.1, -0.05) is 6.92 Å². The summed E-state index contributed by atoms with van der Waals surface area (Å²) in [5.74, 6) is 0. The predicted molar refractivity (Wildman–Crippen MR) is 51.3 cm³/mol. The second-order valence-electron chi connectivity index (χ2n) is 3.53. The van der Waals surface area contributed by atoms with Crippen LogP contribution in [0.25, 0.3) is 0 Å². The van der Waals surface area contributed by atoms with E-state index in [-0.39, 0.29) is 6.04 Å². The quantitative estimate of drug-likeness (QED) is 0.676. The smallest absolute Gasteiger partial charge is 0.316 e. The summed E-state index contributed by atoms with van der Waals surface area (Å²) < 4.78 is 36.3. The average Bonchev–Trinajstić information content (AvgIpc) is 2.00. The monoisotopic (exact) mass is 212 g/mol. The molecule has 0 aliphatic heterocycles. The molecule has 0 aromatic heterocycles. The van der Waals surface area contributed by atoms with Crippen LogP contribution in [0.1, 0.15) is 20.8 Å². The van der Waals surface area contributed by atoms with Gasteiger partial charge in [-0.05, 0) is 20.4 Å². The lowest BCUT2D eigenvalue weighted by Crippen LogP contribution is -2.42. The largest absolute Gasteiger partial charge is 0.401 e. The Balaban J connectivity index is 3.91. The highest BCUT2D eigenvalue weighted by atomic mass is 19.4. The molecule has 0 rings (SSSR count). The summed E-state index contributed by atoms with van der Waals surface area (Å²) in [7, 11) is 0. The zero-order chi connectivity index (χ0) is 11.2. The molecule has 14 heavy (non-hydrogen) atoms. The van der Waals surface area contributed by atoms with Crippen LogP contribution in [0, 0.1) is 0 Å². The second kappa shape index (κ2) is 6.24. The number of alkyl halides is 3. The van der Waals surface area contributed by atoms with E-state index in [1.807, 2.05) is 6.92 Å². The van der Waals surface area contributed by atoms with Gasteiger partial charge in [-0.15, -0.1) is 0 Å². The Morgan fingerprint density at radius 2 is 1.86 bits per heavy atom. The van der Waals surface area contributed by atoms with Crippen LogP contribution in [-0.4, -0.2) is 43.3 Å². The van der Waals surface area contributed by atoms with Crippen molar-refractivity contribution in [1.29, 1.82) is 0 Å². The molecule has 0 unspecified atom stereocenters. The van der Waals surface area contributed by atoms with E-state index in [2.05, 4.69) is 5.32 Å². The number of nitrogens with one attached hydrogen (secondary N) is 1. The van der Waals surface area contributed by atoms with Crippen LogP contribution in [0.4, 0.5) is 13.2 Å². The summed E-state index contributed by atoms with van der Waals surface area (Å²) in [4.78, 5) is 1.42. The molecule has 0 spiro atoms. The van der Waals surface area contributed by atoms with Crippen molar-refractivity contribution in [3.8, 4) is 0 Å². The Labute approximate surface area is 83.5 Å². The van der Waals surface area contributed by atoms with Gasteiger partial charge in [0.25, 0.3) is 0 Å². The topological polar surface area (TPSA) is 15.3 Å². The fourth-order valence-electron chi connectivity index (χ4n) is 1.15. The van der Waals surface area contributed by atoms with Crippen molar-refractivity contribution in [1.82, 2.24) is 10.2 Å². The molecule has 0 aliphatic carbocycles. The molecule has 0 bridgehead atoms. The van der Waals surface area contributed by atoms with Gasteiger partial charge in [-0.3, -0.25) is 4.90 Å². The van der Waals surface area contributed by atoms with Crippen molar-refractivity contribution >= 4 is 0 Å². The van der Waals surface area contributed by atoms with E-state index in [4.69, 9.17) is 0 Å². The molecule has 0 atom stereocenters. The van der Waals surface area contributed by atoms with Crippen LogP contribution in [0.3, 0.4) is 0 Å². The third-order valence-corrected chi connectivity index (χ3v) is 1.94. The third-order valence-electron chi connectivity index (χ3n) is 1.94. The molecule has 5 heteroatoms.